The van der Waals surface area contributed by atoms with Gasteiger partial charge < -0.3 is 5.32 Å². The summed E-state index contributed by atoms with van der Waals surface area (Å²) in [6.45, 7) is 4.25. The standard InChI is InChI=1S/C16H20N2S/c1-4-19-15-7-5-13(6-8-15)16(17-3)14-9-12(2)10-18-11-14/h5-11,16-17H,4H2,1-3H3. The van der Waals surface area contributed by atoms with E-state index >= 15 is 0 Å². The first-order valence-corrected chi connectivity index (χ1v) is 7.54. The molecule has 3 heteroatoms. The van der Waals surface area contributed by atoms with Gasteiger partial charge in [0.2, 0.25) is 0 Å². The number of aryl methyl sites for hydroxylation is 1. The second-order valence-electron chi connectivity index (χ2n) is 4.52. The highest BCUT2D eigenvalue weighted by Gasteiger charge is 2.12. The smallest absolute Gasteiger partial charge is 0.0589 e. The average molecular weight is 272 g/mol. The van der Waals surface area contributed by atoms with Gasteiger partial charge in [-0.1, -0.05) is 25.1 Å². The lowest BCUT2D eigenvalue weighted by atomic mass is 9.99. The van der Waals surface area contributed by atoms with Gasteiger partial charge in [-0.25, -0.2) is 0 Å². The molecular formula is C16H20N2S. The summed E-state index contributed by atoms with van der Waals surface area (Å²) in [5.74, 6) is 1.11. The van der Waals surface area contributed by atoms with Crippen molar-refractivity contribution in [3.63, 3.8) is 0 Å². The lowest BCUT2D eigenvalue weighted by Crippen LogP contribution is -2.17. The average Bonchev–Trinajstić information content (AvgIpc) is 2.42. The number of nitrogens with one attached hydrogen (secondary N) is 1. The van der Waals surface area contributed by atoms with Crippen LogP contribution in [-0.4, -0.2) is 17.8 Å². The Morgan fingerprint density at radius 1 is 1.16 bits per heavy atom. The van der Waals surface area contributed by atoms with Crippen LogP contribution in [-0.2, 0) is 0 Å². The van der Waals surface area contributed by atoms with Gasteiger partial charge in [-0.15, -0.1) is 11.8 Å². The van der Waals surface area contributed by atoms with Crippen LogP contribution in [0.2, 0.25) is 0 Å². The minimum absolute atomic E-state index is 0.202. The third-order valence-electron chi connectivity index (χ3n) is 3.04. The van der Waals surface area contributed by atoms with E-state index in [-0.39, 0.29) is 6.04 Å². The molecule has 1 unspecified atom stereocenters. The second-order valence-corrected chi connectivity index (χ2v) is 5.86. The molecule has 2 nitrogen and oxygen atoms in total. The van der Waals surface area contributed by atoms with Crippen molar-refractivity contribution in [2.24, 2.45) is 0 Å². The Labute approximate surface area is 119 Å². The van der Waals surface area contributed by atoms with Gasteiger partial charge in [0.05, 0.1) is 6.04 Å². The quantitative estimate of drug-likeness (QED) is 0.838. The Bertz CT molecular complexity index is 523. The molecule has 100 valence electrons. The van der Waals surface area contributed by atoms with Crippen LogP contribution in [0.25, 0.3) is 0 Å². The first kappa shape index (κ1) is 14.1. The maximum atomic E-state index is 4.28. The van der Waals surface area contributed by atoms with E-state index in [9.17, 15) is 0 Å². The van der Waals surface area contributed by atoms with Gasteiger partial charge >= 0.3 is 0 Å². The van der Waals surface area contributed by atoms with Crippen LogP contribution in [0.15, 0.2) is 47.6 Å². The van der Waals surface area contributed by atoms with Crippen LogP contribution >= 0.6 is 11.8 Å². The van der Waals surface area contributed by atoms with E-state index in [0.717, 1.165) is 5.75 Å². The number of pyridine rings is 1. The van der Waals surface area contributed by atoms with Crippen LogP contribution in [0, 0.1) is 6.92 Å². The summed E-state index contributed by atoms with van der Waals surface area (Å²) in [6, 6.07) is 11.2. The van der Waals surface area contributed by atoms with E-state index in [0.29, 0.717) is 0 Å². The minimum Gasteiger partial charge on any atom is -0.309 e. The number of aromatic nitrogens is 1. The molecule has 1 aromatic carbocycles. The van der Waals surface area contributed by atoms with Crippen molar-refractivity contribution < 1.29 is 0 Å². The fraction of sp³-hybridized carbons (Fsp3) is 0.312. The van der Waals surface area contributed by atoms with Gasteiger partial charge in [-0.2, -0.15) is 0 Å². The third-order valence-corrected chi connectivity index (χ3v) is 3.94. The Kier molecular flexibility index (Phi) is 5.00. The molecule has 0 spiro atoms. The minimum atomic E-state index is 0.202. The van der Waals surface area contributed by atoms with Crippen molar-refractivity contribution in [3.8, 4) is 0 Å². The summed E-state index contributed by atoms with van der Waals surface area (Å²) < 4.78 is 0. The molecule has 1 atom stereocenters. The molecule has 0 saturated carbocycles. The lowest BCUT2D eigenvalue weighted by Gasteiger charge is -2.17. The predicted octanol–water partition coefficient (Wildman–Crippen LogP) is 3.81. The monoisotopic (exact) mass is 272 g/mol. The molecule has 2 rings (SSSR count). The summed E-state index contributed by atoms with van der Waals surface area (Å²) in [7, 11) is 1.99. The zero-order valence-electron chi connectivity index (χ0n) is 11.7. The van der Waals surface area contributed by atoms with Crippen molar-refractivity contribution in [3.05, 3.63) is 59.4 Å². The first-order valence-electron chi connectivity index (χ1n) is 6.56. The SMILES string of the molecule is CCSc1ccc(C(NC)c2cncc(C)c2)cc1. The molecule has 0 fully saturated rings. The number of hydrogen-bond donors (Lipinski definition) is 1. The Morgan fingerprint density at radius 2 is 1.89 bits per heavy atom. The Morgan fingerprint density at radius 3 is 2.47 bits per heavy atom. The number of hydrogen-bond acceptors (Lipinski definition) is 3. The molecule has 1 N–H and O–H groups in total. The van der Waals surface area contributed by atoms with E-state index in [1.165, 1.54) is 21.6 Å². The van der Waals surface area contributed by atoms with Crippen molar-refractivity contribution in [2.75, 3.05) is 12.8 Å². The van der Waals surface area contributed by atoms with E-state index in [4.69, 9.17) is 0 Å². The van der Waals surface area contributed by atoms with Gasteiger partial charge in [-0.05, 0) is 48.5 Å². The molecule has 0 bridgehead atoms. The molecule has 2 aromatic rings. The van der Waals surface area contributed by atoms with Gasteiger partial charge in [0.15, 0.2) is 0 Å². The zero-order chi connectivity index (χ0) is 13.7. The molecule has 1 aromatic heterocycles. The van der Waals surface area contributed by atoms with Gasteiger partial charge in [0.1, 0.15) is 0 Å². The lowest BCUT2D eigenvalue weighted by molar-refractivity contribution is 0.687. The zero-order valence-corrected chi connectivity index (χ0v) is 12.5. The molecule has 19 heavy (non-hydrogen) atoms. The number of benzene rings is 1. The van der Waals surface area contributed by atoms with Crippen molar-refractivity contribution in [1.82, 2.24) is 10.3 Å². The molecule has 0 saturated heterocycles. The largest absolute Gasteiger partial charge is 0.309 e. The molecule has 0 aliphatic rings. The van der Waals surface area contributed by atoms with E-state index in [2.05, 4.69) is 54.5 Å². The van der Waals surface area contributed by atoms with Gasteiger partial charge in [0, 0.05) is 17.3 Å². The van der Waals surface area contributed by atoms with Gasteiger partial charge in [-0.3, -0.25) is 4.98 Å². The summed E-state index contributed by atoms with van der Waals surface area (Å²) in [4.78, 5) is 5.60. The molecule has 0 amide bonds. The fourth-order valence-electron chi connectivity index (χ4n) is 2.19. The molecular weight excluding hydrogens is 252 g/mol. The highest BCUT2D eigenvalue weighted by molar-refractivity contribution is 7.99. The second kappa shape index (κ2) is 6.73. The summed E-state index contributed by atoms with van der Waals surface area (Å²) >= 11 is 1.87. The van der Waals surface area contributed by atoms with E-state index in [1.807, 2.05) is 31.2 Å². The van der Waals surface area contributed by atoms with Crippen molar-refractivity contribution in [2.45, 2.75) is 24.8 Å². The maximum Gasteiger partial charge on any atom is 0.0589 e. The van der Waals surface area contributed by atoms with Crippen LogP contribution < -0.4 is 5.32 Å². The van der Waals surface area contributed by atoms with Crippen LogP contribution in [0.5, 0.6) is 0 Å². The number of nitrogens with zero attached hydrogens (tertiary/aromatic N) is 1. The van der Waals surface area contributed by atoms with Crippen LogP contribution in [0.3, 0.4) is 0 Å². The topological polar surface area (TPSA) is 24.9 Å². The summed E-state index contributed by atoms with van der Waals surface area (Å²) in [5, 5.41) is 3.37. The molecule has 0 aliphatic heterocycles. The maximum absolute atomic E-state index is 4.28. The van der Waals surface area contributed by atoms with Crippen molar-refractivity contribution >= 4 is 11.8 Å². The fourth-order valence-corrected chi connectivity index (χ4v) is 2.85. The third kappa shape index (κ3) is 3.58. The normalized spacial score (nSPS) is 12.4. The Balaban J connectivity index is 2.26. The van der Waals surface area contributed by atoms with Gasteiger partial charge in [0.25, 0.3) is 0 Å². The molecule has 0 radical (unpaired) electrons. The highest BCUT2D eigenvalue weighted by Crippen LogP contribution is 2.25. The van der Waals surface area contributed by atoms with E-state index in [1.54, 1.807) is 0 Å². The summed E-state index contributed by atoms with van der Waals surface area (Å²) in [6.07, 6.45) is 3.82. The van der Waals surface area contributed by atoms with E-state index < -0.39 is 0 Å². The predicted molar refractivity (Wildman–Crippen MR) is 82.7 cm³/mol. The number of rotatable bonds is 5. The molecule has 0 aliphatic carbocycles. The Hall–Kier alpha value is -1.32. The van der Waals surface area contributed by atoms with Crippen LogP contribution in [0.1, 0.15) is 29.7 Å². The van der Waals surface area contributed by atoms with Crippen LogP contribution in [0.4, 0.5) is 0 Å². The first-order chi connectivity index (χ1) is 9.24. The van der Waals surface area contributed by atoms with Crippen molar-refractivity contribution in [1.29, 1.82) is 0 Å². The number of thioether (sulfide) groups is 1. The molecule has 1 heterocycles. The summed E-state index contributed by atoms with van der Waals surface area (Å²) in [5.41, 5.74) is 3.67. The highest BCUT2D eigenvalue weighted by atomic mass is 32.2.